The van der Waals surface area contributed by atoms with Crippen molar-refractivity contribution in [1.29, 1.82) is 0 Å². The summed E-state index contributed by atoms with van der Waals surface area (Å²) in [6, 6.07) is 2.70. The molecule has 1 unspecified atom stereocenters. The molecule has 126 valence electrons. The van der Waals surface area contributed by atoms with E-state index in [0.29, 0.717) is 28.4 Å². The Hall–Kier alpha value is -3.57. The zero-order valence-corrected chi connectivity index (χ0v) is 13.3. The Kier molecular flexibility index (Phi) is 3.30. The summed E-state index contributed by atoms with van der Waals surface area (Å²) < 4.78 is 3.87. The Morgan fingerprint density at radius 1 is 1.00 bits per heavy atom. The van der Waals surface area contributed by atoms with Crippen molar-refractivity contribution in [2.45, 2.75) is 19.5 Å². The van der Waals surface area contributed by atoms with Gasteiger partial charge in [-0.05, 0) is 29.5 Å². The summed E-state index contributed by atoms with van der Waals surface area (Å²) in [7, 11) is 1.50. The molecule has 12 nitrogen and oxygen atoms in total. The van der Waals surface area contributed by atoms with Crippen LogP contribution in [-0.2, 0) is 13.6 Å². The van der Waals surface area contributed by atoms with Gasteiger partial charge in [0.05, 0.1) is 23.4 Å². The van der Waals surface area contributed by atoms with Crippen LogP contribution in [0.2, 0.25) is 0 Å². The largest absolute Gasteiger partial charge is 0.277 e. The normalized spacial score (nSPS) is 12.7. The number of tetrazole rings is 1. The molecule has 0 aliphatic carbocycles. The summed E-state index contributed by atoms with van der Waals surface area (Å²) in [4.78, 5) is 24.9. The van der Waals surface area contributed by atoms with Crippen LogP contribution in [0.25, 0.3) is 21.8 Å². The maximum absolute atomic E-state index is 12.8. The molecule has 0 radical (unpaired) electrons. The third-order valence-corrected chi connectivity index (χ3v) is 3.87. The van der Waals surface area contributed by atoms with Crippen molar-refractivity contribution in [3.05, 3.63) is 39.2 Å². The predicted octanol–water partition coefficient (Wildman–Crippen LogP) is -1.32. The van der Waals surface area contributed by atoms with Crippen LogP contribution in [0.1, 0.15) is 13.0 Å². The summed E-state index contributed by atoms with van der Waals surface area (Å²) in [5.74, 6) is 0. The van der Waals surface area contributed by atoms with Crippen LogP contribution in [0.4, 0.5) is 0 Å². The zero-order chi connectivity index (χ0) is 17.6. The highest BCUT2D eigenvalue weighted by Crippen LogP contribution is 2.14. The van der Waals surface area contributed by atoms with E-state index >= 15 is 0 Å². The van der Waals surface area contributed by atoms with Gasteiger partial charge in [-0.25, -0.2) is 14.0 Å². The minimum absolute atomic E-state index is 0.314. The van der Waals surface area contributed by atoms with Crippen molar-refractivity contribution in [2.75, 3.05) is 0 Å². The van der Waals surface area contributed by atoms with E-state index in [2.05, 4.69) is 36.1 Å². The fourth-order valence-corrected chi connectivity index (χ4v) is 2.58. The zero-order valence-electron chi connectivity index (χ0n) is 13.3. The molecule has 0 aliphatic rings. The minimum atomic E-state index is -0.338. The molecule has 1 aromatic carbocycles. The van der Waals surface area contributed by atoms with Gasteiger partial charge < -0.3 is 0 Å². The fourth-order valence-electron chi connectivity index (χ4n) is 2.58. The highest BCUT2D eigenvalue weighted by atomic mass is 16.1. The smallest absolute Gasteiger partial charge is 0.267 e. The molecule has 0 spiro atoms. The van der Waals surface area contributed by atoms with Gasteiger partial charge >= 0.3 is 0 Å². The van der Waals surface area contributed by atoms with Crippen molar-refractivity contribution in [2.24, 2.45) is 7.05 Å². The molecule has 25 heavy (non-hydrogen) atoms. The van der Waals surface area contributed by atoms with Gasteiger partial charge in [0.15, 0.2) is 0 Å². The molecule has 4 rings (SSSR count). The Balaban J connectivity index is 1.87. The van der Waals surface area contributed by atoms with Gasteiger partial charge in [-0.15, -0.1) is 15.3 Å². The van der Waals surface area contributed by atoms with Crippen molar-refractivity contribution in [3.63, 3.8) is 0 Å². The van der Waals surface area contributed by atoms with Crippen LogP contribution in [0, 0.1) is 0 Å². The first-order valence-electron chi connectivity index (χ1n) is 7.38. The molecule has 0 N–H and O–H groups in total. The summed E-state index contributed by atoms with van der Waals surface area (Å²) >= 11 is 0. The lowest BCUT2D eigenvalue weighted by atomic mass is 10.2. The van der Waals surface area contributed by atoms with Gasteiger partial charge in [-0.2, -0.15) is 0 Å². The molecule has 3 heterocycles. The average Bonchev–Trinajstić information content (AvgIpc) is 3.11. The van der Waals surface area contributed by atoms with E-state index in [1.165, 1.54) is 34.9 Å². The Morgan fingerprint density at radius 2 is 1.68 bits per heavy atom. The highest BCUT2D eigenvalue weighted by Gasteiger charge is 2.15. The van der Waals surface area contributed by atoms with Gasteiger partial charge in [0.1, 0.15) is 17.4 Å². The second-order valence-corrected chi connectivity index (χ2v) is 5.62. The number of benzene rings is 1. The summed E-state index contributed by atoms with van der Waals surface area (Å²) in [5, 5.41) is 27.3. The lowest BCUT2D eigenvalue weighted by Crippen LogP contribution is -2.30. The van der Waals surface area contributed by atoms with Crippen molar-refractivity contribution in [3.8, 4) is 0 Å². The molecule has 0 fully saturated rings. The molecule has 4 aromatic rings. The lowest BCUT2D eigenvalue weighted by Gasteiger charge is -2.12. The van der Waals surface area contributed by atoms with Crippen LogP contribution in [0.5, 0.6) is 0 Å². The Morgan fingerprint density at radius 3 is 2.36 bits per heavy atom. The SMILES string of the molecule is CC(Cn1cnnn1)n1nnc2cc3c(=O)n(C)nnc3cc2c1=O. The van der Waals surface area contributed by atoms with E-state index in [0.717, 1.165) is 4.68 Å². The van der Waals surface area contributed by atoms with E-state index < -0.39 is 0 Å². The maximum Gasteiger partial charge on any atom is 0.277 e. The van der Waals surface area contributed by atoms with Crippen molar-refractivity contribution < 1.29 is 0 Å². The summed E-state index contributed by atoms with van der Waals surface area (Å²) in [6.07, 6.45) is 1.45. The average molecular weight is 340 g/mol. The molecule has 1 atom stereocenters. The summed E-state index contributed by atoms with van der Waals surface area (Å²) in [6.45, 7) is 2.17. The first-order valence-corrected chi connectivity index (χ1v) is 7.38. The van der Waals surface area contributed by atoms with Crippen molar-refractivity contribution >= 4 is 21.8 Å². The van der Waals surface area contributed by atoms with E-state index in [1.807, 2.05) is 0 Å². The standard InChI is InChI=1S/C13H12N10O2/c1-7(5-22-6-14-17-20-22)23-13(25)9-4-10-8(3-11(9)16-19-23)12(24)21(2)18-15-10/h3-4,6-7H,5H2,1-2H3. The molecule has 0 aliphatic heterocycles. The maximum atomic E-state index is 12.8. The molecule has 12 heteroatoms. The number of hydrogen-bond acceptors (Lipinski definition) is 9. The predicted molar refractivity (Wildman–Crippen MR) is 84.7 cm³/mol. The van der Waals surface area contributed by atoms with Crippen molar-refractivity contribution in [1.82, 2.24) is 50.2 Å². The van der Waals surface area contributed by atoms with E-state index in [9.17, 15) is 9.59 Å². The summed E-state index contributed by atoms with van der Waals surface area (Å²) in [5.41, 5.74) is 0.00809. The molecule has 3 aromatic heterocycles. The third kappa shape index (κ3) is 2.43. The van der Waals surface area contributed by atoms with Gasteiger partial charge in [-0.1, -0.05) is 10.4 Å². The van der Waals surface area contributed by atoms with E-state index in [4.69, 9.17) is 0 Å². The third-order valence-electron chi connectivity index (χ3n) is 3.87. The highest BCUT2D eigenvalue weighted by molar-refractivity contribution is 5.93. The monoisotopic (exact) mass is 340 g/mol. The van der Waals surface area contributed by atoms with E-state index in [1.54, 1.807) is 6.92 Å². The number of nitrogens with zero attached hydrogens (tertiary/aromatic N) is 10. The van der Waals surface area contributed by atoms with Crippen LogP contribution in [0.3, 0.4) is 0 Å². The molecule has 0 saturated heterocycles. The second-order valence-electron chi connectivity index (χ2n) is 5.62. The van der Waals surface area contributed by atoms with Crippen LogP contribution in [0.15, 0.2) is 28.0 Å². The number of aromatic nitrogens is 10. The number of hydrogen-bond donors (Lipinski definition) is 0. The van der Waals surface area contributed by atoms with Crippen LogP contribution >= 0.6 is 0 Å². The minimum Gasteiger partial charge on any atom is -0.267 e. The van der Waals surface area contributed by atoms with Crippen LogP contribution in [-0.4, -0.2) is 50.2 Å². The number of aryl methyl sites for hydroxylation is 1. The molecular formula is C13H12N10O2. The van der Waals surface area contributed by atoms with Gasteiger partial charge in [0.25, 0.3) is 11.1 Å². The fraction of sp³-hybridized carbons (Fsp3) is 0.308. The van der Waals surface area contributed by atoms with Gasteiger partial charge in [0.2, 0.25) is 0 Å². The molecular weight excluding hydrogens is 328 g/mol. The Labute approximate surface area is 138 Å². The van der Waals surface area contributed by atoms with Crippen LogP contribution < -0.4 is 11.1 Å². The molecule has 0 bridgehead atoms. The van der Waals surface area contributed by atoms with Gasteiger partial charge in [-0.3, -0.25) is 9.59 Å². The van der Waals surface area contributed by atoms with Gasteiger partial charge in [0, 0.05) is 7.05 Å². The molecule has 0 saturated carbocycles. The van der Waals surface area contributed by atoms with E-state index in [-0.39, 0.29) is 17.2 Å². The Bertz CT molecular complexity index is 1190. The lowest BCUT2D eigenvalue weighted by molar-refractivity contribution is 0.375. The molecule has 0 amide bonds. The second kappa shape index (κ2) is 5.51. The first kappa shape index (κ1) is 15.0. The topological polar surface area (TPSA) is 139 Å². The quantitative estimate of drug-likeness (QED) is 0.415. The number of rotatable bonds is 3. The first-order chi connectivity index (χ1) is 12.0. The number of fused-ring (bicyclic) bond motifs is 2.